The topological polar surface area (TPSA) is 98.7 Å². The third-order valence-corrected chi connectivity index (χ3v) is 7.56. The average Bonchev–Trinajstić information content (AvgIpc) is 3.18. The van der Waals surface area contributed by atoms with E-state index in [1.807, 2.05) is 6.92 Å². The monoisotopic (exact) mass is 489 g/mol. The molecule has 194 valence electrons. The molecule has 0 aromatic heterocycles. The summed E-state index contributed by atoms with van der Waals surface area (Å²) in [5.41, 5.74) is 0.813. The molecule has 1 atom stereocenters. The molecule has 2 saturated carbocycles. The Kier molecular flexibility index (Phi) is 9.80. The Balaban J connectivity index is 0.000000211. The highest BCUT2D eigenvalue weighted by atomic mass is 19.1. The number of imide groups is 1. The Morgan fingerprint density at radius 2 is 1.86 bits per heavy atom. The van der Waals surface area contributed by atoms with Crippen molar-refractivity contribution >= 4 is 18.2 Å². The van der Waals surface area contributed by atoms with E-state index in [9.17, 15) is 23.9 Å². The zero-order chi connectivity index (χ0) is 25.4. The highest BCUT2D eigenvalue weighted by Gasteiger charge is 2.33. The van der Waals surface area contributed by atoms with E-state index in [0.29, 0.717) is 35.6 Å². The zero-order valence-corrected chi connectivity index (χ0v) is 21.1. The SMILES string of the molecule is Cc1ccc2c(c1F)CN(C(C)CCC(=O)NC=O)C2=O.OC1(NC2CCCCC2)CCCCC1. The number of benzene rings is 1. The number of nitrogens with one attached hydrogen (secondary N) is 2. The minimum atomic E-state index is -0.514. The summed E-state index contributed by atoms with van der Waals surface area (Å²) >= 11 is 0. The van der Waals surface area contributed by atoms with Crippen molar-refractivity contribution < 1.29 is 23.9 Å². The molecule has 1 aromatic carbocycles. The number of aryl methyl sites for hydroxylation is 1. The van der Waals surface area contributed by atoms with Crippen LogP contribution in [0.1, 0.15) is 105 Å². The molecule has 8 heteroatoms. The van der Waals surface area contributed by atoms with Crippen molar-refractivity contribution in [2.75, 3.05) is 0 Å². The first-order valence-corrected chi connectivity index (χ1v) is 13.1. The third-order valence-electron chi connectivity index (χ3n) is 7.56. The van der Waals surface area contributed by atoms with Crippen LogP contribution in [-0.4, -0.2) is 46.0 Å². The quantitative estimate of drug-likeness (QED) is 0.396. The molecule has 3 aliphatic rings. The molecule has 35 heavy (non-hydrogen) atoms. The van der Waals surface area contributed by atoms with Gasteiger partial charge in [0.2, 0.25) is 12.3 Å². The molecule has 1 heterocycles. The second-order valence-electron chi connectivity index (χ2n) is 10.3. The molecular weight excluding hydrogens is 449 g/mol. The number of nitrogens with zero attached hydrogens (tertiary/aromatic N) is 1. The fourth-order valence-corrected chi connectivity index (χ4v) is 5.39. The van der Waals surface area contributed by atoms with Crippen LogP contribution in [-0.2, 0) is 16.1 Å². The smallest absolute Gasteiger partial charge is 0.254 e. The fraction of sp³-hybridized carbons (Fsp3) is 0.667. The Labute approximate surface area is 207 Å². The minimum absolute atomic E-state index is 0.140. The molecule has 7 nitrogen and oxygen atoms in total. The Bertz CT molecular complexity index is 895. The largest absolute Gasteiger partial charge is 0.376 e. The molecule has 1 aliphatic heterocycles. The van der Waals surface area contributed by atoms with Gasteiger partial charge in [0.25, 0.3) is 5.91 Å². The van der Waals surface area contributed by atoms with Crippen LogP contribution in [0, 0.1) is 12.7 Å². The lowest BCUT2D eigenvalue weighted by Gasteiger charge is -2.38. The van der Waals surface area contributed by atoms with Crippen LogP contribution in [0.3, 0.4) is 0 Å². The zero-order valence-electron chi connectivity index (χ0n) is 21.1. The number of amides is 3. The molecule has 0 bridgehead atoms. The van der Waals surface area contributed by atoms with Gasteiger partial charge in [-0.25, -0.2) is 4.39 Å². The molecule has 0 radical (unpaired) electrons. The summed E-state index contributed by atoms with van der Waals surface area (Å²) in [4.78, 5) is 35.2. The molecule has 2 fully saturated rings. The molecule has 0 spiro atoms. The predicted molar refractivity (Wildman–Crippen MR) is 132 cm³/mol. The number of hydrogen-bond acceptors (Lipinski definition) is 5. The maximum absolute atomic E-state index is 14.0. The van der Waals surface area contributed by atoms with E-state index in [-0.39, 0.29) is 36.6 Å². The van der Waals surface area contributed by atoms with Gasteiger partial charge in [-0.15, -0.1) is 0 Å². The lowest BCUT2D eigenvalue weighted by molar-refractivity contribution is -0.125. The highest BCUT2D eigenvalue weighted by Crippen LogP contribution is 2.30. The maximum atomic E-state index is 14.0. The van der Waals surface area contributed by atoms with Crippen LogP contribution >= 0.6 is 0 Å². The van der Waals surface area contributed by atoms with Crippen molar-refractivity contribution in [3.05, 3.63) is 34.6 Å². The van der Waals surface area contributed by atoms with E-state index in [4.69, 9.17) is 0 Å². The van der Waals surface area contributed by atoms with Crippen molar-refractivity contribution in [2.24, 2.45) is 0 Å². The molecule has 2 aliphatic carbocycles. The Morgan fingerprint density at radius 3 is 2.51 bits per heavy atom. The van der Waals surface area contributed by atoms with Crippen molar-refractivity contribution in [1.82, 2.24) is 15.5 Å². The first-order valence-electron chi connectivity index (χ1n) is 13.1. The summed E-state index contributed by atoms with van der Waals surface area (Å²) in [5, 5.41) is 15.9. The van der Waals surface area contributed by atoms with E-state index < -0.39 is 5.72 Å². The van der Waals surface area contributed by atoms with Crippen LogP contribution in [0.15, 0.2) is 12.1 Å². The molecule has 3 N–H and O–H groups in total. The van der Waals surface area contributed by atoms with Crippen LogP contribution < -0.4 is 10.6 Å². The number of carbonyl (C=O) groups excluding carboxylic acids is 3. The van der Waals surface area contributed by atoms with Gasteiger partial charge in [-0.3, -0.25) is 25.0 Å². The molecule has 0 saturated heterocycles. The normalized spacial score (nSPS) is 20.5. The van der Waals surface area contributed by atoms with Gasteiger partial charge in [0.15, 0.2) is 0 Å². The summed E-state index contributed by atoms with van der Waals surface area (Å²) in [6, 6.07) is 3.62. The van der Waals surface area contributed by atoms with Gasteiger partial charge < -0.3 is 10.0 Å². The lowest BCUT2D eigenvalue weighted by Crippen LogP contribution is -2.51. The molecule has 1 unspecified atom stereocenters. The number of hydrogen-bond donors (Lipinski definition) is 3. The van der Waals surface area contributed by atoms with E-state index in [0.717, 1.165) is 12.8 Å². The van der Waals surface area contributed by atoms with Crippen LogP contribution in [0.4, 0.5) is 4.39 Å². The first-order chi connectivity index (χ1) is 16.7. The molecule has 4 rings (SSSR count). The van der Waals surface area contributed by atoms with Gasteiger partial charge in [0.1, 0.15) is 11.5 Å². The van der Waals surface area contributed by atoms with Gasteiger partial charge in [-0.05, 0) is 70.4 Å². The molecule has 1 aromatic rings. The van der Waals surface area contributed by atoms with Crippen LogP contribution in [0.25, 0.3) is 0 Å². The number of halogens is 1. The van der Waals surface area contributed by atoms with Crippen LogP contribution in [0.2, 0.25) is 0 Å². The molecule has 3 amide bonds. The first kappa shape index (κ1) is 27.3. The van der Waals surface area contributed by atoms with Crippen LogP contribution in [0.5, 0.6) is 0 Å². The van der Waals surface area contributed by atoms with E-state index in [1.54, 1.807) is 24.0 Å². The fourth-order valence-electron chi connectivity index (χ4n) is 5.39. The standard InChI is InChI=1S/C15H17FN2O3.C12H23NO/c1-9-3-5-11-12(14(9)16)7-18(15(11)21)10(2)4-6-13(20)17-8-19;14-12(9-5-2-6-10-12)13-11-7-3-1-4-8-11/h3,5,8,10H,4,6-7H2,1-2H3,(H,17,19,20);11,13-14H,1-10H2. The number of fused-ring (bicyclic) bond motifs is 1. The third kappa shape index (κ3) is 7.34. The van der Waals surface area contributed by atoms with E-state index in [1.165, 1.54) is 51.4 Å². The van der Waals surface area contributed by atoms with Crippen molar-refractivity contribution in [3.8, 4) is 0 Å². The lowest BCUT2D eigenvalue weighted by atomic mass is 9.88. The maximum Gasteiger partial charge on any atom is 0.254 e. The molecular formula is C27H40FN3O4. The predicted octanol–water partition coefficient (Wildman–Crippen LogP) is 4.09. The average molecular weight is 490 g/mol. The van der Waals surface area contributed by atoms with Gasteiger partial charge in [-0.2, -0.15) is 0 Å². The second kappa shape index (κ2) is 12.6. The van der Waals surface area contributed by atoms with Crippen molar-refractivity contribution in [1.29, 1.82) is 0 Å². The van der Waals surface area contributed by atoms with Crippen molar-refractivity contribution in [2.45, 2.75) is 115 Å². The van der Waals surface area contributed by atoms with Gasteiger partial charge in [0.05, 0.1) is 0 Å². The van der Waals surface area contributed by atoms with E-state index in [2.05, 4.69) is 10.6 Å². The number of aliphatic hydroxyl groups is 1. The number of rotatable bonds is 7. The van der Waals surface area contributed by atoms with Gasteiger partial charge >= 0.3 is 0 Å². The number of carbonyl (C=O) groups is 3. The summed E-state index contributed by atoms with van der Waals surface area (Å²) in [6.45, 7) is 3.69. The Hall–Kier alpha value is -2.32. The minimum Gasteiger partial charge on any atom is -0.376 e. The summed E-state index contributed by atoms with van der Waals surface area (Å²) in [5.74, 6) is -0.940. The Morgan fingerprint density at radius 1 is 1.20 bits per heavy atom. The van der Waals surface area contributed by atoms with Crippen molar-refractivity contribution in [3.63, 3.8) is 0 Å². The summed E-state index contributed by atoms with van der Waals surface area (Å²) < 4.78 is 14.0. The van der Waals surface area contributed by atoms with Gasteiger partial charge in [-0.1, -0.05) is 31.7 Å². The second-order valence-corrected chi connectivity index (χ2v) is 10.3. The highest BCUT2D eigenvalue weighted by molar-refractivity contribution is 5.98. The van der Waals surface area contributed by atoms with Gasteiger partial charge in [0, 0.05) is 36.2 Å². The van der Waals surface area contributed by atoms with E-state index >= 15 is 0 Å². The summed E-state index contributed by atoms with van der Waals surface area (Å²) in [7, 11) is 0. The summed E-state index contributed by atoms with van der Waals surface area (Å²) in [6.07, 6.45) is 13.1.